The molecule has 18 heavy (non-hydrogen) atoms. The zero-order chi connectivity index (χ0) is 13.1. The van der Waals surface area contributed by atoms with Gasteiger partial charge in [-0.2, -0.15) is 0 Å². The van der Waals surface area contributed by atoms with Crippen LogP contribution in [0.15, 0.2) is 36.9 Å². The molecule has 0 radical (unpaired) electrons. The molecule has 1 aliphatic rings. The third kappa shape index (κ3) is 2.07. The molecular weight excluding hydrogens is 232 g/mol. The van der Waals surface area contributed by atoms with Crippen LogP contribution >= 0.6 is 0 Å². The number of carbonyl (C=O) groups is 2. The van der Waals surface area contributed by atoms with Crippen LogP contribution in [0.25, 0.3) is 0 Å². The number of amides is 3. The van der Waals surface area contributed by atoms with Crippen molar-refractivity contribution in [2.24, 2.45) is 0 Å². The second kappa shape index (κ2) is 4.91. The maximum atomic E-state index is 12.0. The second-order valence-electron chi connectivity index (χ2n) is 3.88. The number of hydrogen-bond acceptors (Lipinski definition) is 3. The van der Waals surface area contributed by atoms with Gasteiger partial charge in [-0.05, 0) is 24.3 Å². The first-order valence-corrected chi connectivity index (χ1v) is 5.54. The molecule has 1 heterocycles. The summed E-state index contributed by atoms with van der Waals surface area (Å²) in [7, 11) is 1.56. The number of benzene rings is 1. The quantitative estimate of drug-likeness (QED) is 0.599. The van der Waals surface area contributed by atoms with Gasteiger partial charge in [0.2, 0.25) is 0 Å². The Kier molecular flexibility index (Phi) is 3.32. The van der Waals surface area contributed by atoms with Crippen molar-refractivity contribution in [2.75, 3.05) is 25.1 Å². The first-order chi connectivity index (χ1) is 8.67. The maximum Gasteiger partial charge on any atom is 0.332 e. The van der Waals surface area contributed by atoms with Crippen molar-refractivity contribution in [1.82, 2.24) is 4.90 Å². The number of ether oxygens (including phenoxy) is 1. The fourth-order valence-electron chi connectivity index (χ4n) is 1.83. The first kappa shape index (κ1) is 12.2. The Hall–Kier alpha value is -2.30. The van der Waals surface area contributed by atoms with E-state index >= 15 is 0 Å². The summed E-state index contributed by atoms with van der Waals surface area (Å²) in [6.07, 6.45) is 1.60. The Bertz CT molecular complexity index is 482. The lowest BCUT2D eigenvalue weighted by Crippen LogP contribution is -2.33. The monoisotopic (exact) mass is 246 g/mol. The molecule has 0 spiro atoms. The Morgan fingerprint density at radius 2 is 2.00 bits per heavy atom. The molecule has 5 nitrogen and oxygen atoms in total. The molecule has 1 saturated heterocycles. The summed E-state index contributed by atoms with van der Waals surface area (Å²) in [5, 5.41) is 0. The lowest BCUT2D eigenvalue weighted by Gasteiger charge is -2.15. The molecule has 0 aliphatic carbocycles. The summed E-state index contributed by atoms with van der Waals surface area (Å²) in [5.74, 6) is 0.452. The molecule has 0 unspecified atom stereocenters. The van der Waals surface area contributed by atoms with Crippen molar-refractivity contribution in [3.8, 4) is 5.75 Å². The number of imide groups is 1. The third-order valence-electron chi connectivity index (χ3n) is 2.72. The van der Waals surface area contributed by atoms with Gasteiger partial charge in [-0.25, -0.2) is 9.69 Å². The Labute approximate surface area is 105 Å². The Morgan fingerprint density at radius 3 is 2.56 bits per heavy atom. The minimum Gasteiger partial charge on any atom is -0.497 e. The van der Waals surface area contributed by atoms with Crippen LogP contribution in [-0.2, 0) is 4.79 Å². The van der Waals surface area contributed by atoms with E-state index in [1.165, 1.54) is 9.80 Å². The van der Waals surface area contributed by atoms with Crippen molar-refractivity contribution >= 4 is 17.6 Å². The Morgan fingerprint density at radius 1 is 1.33 bits per heavy atom. The van der Waals surface area contributed by atoms with Gasteiger partial charge in [0, 0.05) is 6.54 Å². The van der Waals surface area contributed by atoms with Crippen molar-refractivity contribution in [3.05, 3.63) is 36.9 Å². The SMILES string of the molecule is C=CCN1CC(=O)N(c2ccc(OC)cc2)C1=O. The normalized spacial score (nSPS) is 15.2. The van der Waals surface area contributed by atoms with Gasteiger partial charge in [-0.15, -0.1) is 6.58 Å². The van der Waals surface area contributed by atoms with Gasteiger partial charge in [0.05, 0.1) is 12.8 Å². The van der Waals surface area contributed by atoms with Gasteiger partial charge in [-0.3, -0.25) is 4.79 Å². The summed E-state index contributed by atoms with van der Waals surface area (Å²) < 4.78 is 5.03. The van der Waals surface area contributed by atoms with E-state index in [0.29, 0.717) is 18.0 Å². The van der Waals surface area contributed by atoms with E-state index < -0.39 is 0 Å². The minimum atomic E-state index is -0.315. The highest BCUT2D eigenvalue weighted by Gasteiger charge is 2.36. The molecule has 1 fully saturated rings. The van der Waals surface area contributed by atoms with E-state index in [9.17, 15) is 9.59 Å². The average molecular weight is 246 g/mol. The van der Waals surface area contributed by atoms with Crippen molar-refractivity contribution in [1.29, 1.82) is 0 Å². The number of anilines is 1. The highest BCUT2D eigenvalue weighted by atomic mass is 16.5. The van der Waals surface area contributed by atoms with E-state index in [0.717, 1.165) is 0 Å². The number of hydrogen-bond donors (Lipinski definition) is 0. The number of nitrogens with zero attached hydrogens (tertiary/aromatic N) is 2. The predicted octanol–water partition coefficient (Wildman–Crippen LogP) is 1.65. The highest BCUT2D eigenvalue weighted by Crippen LogP contribution is 2.23. The number of urea groups is 1. The van der Waals surface area contributed by atoms with Gasteiger partial charge in [0.15, 0.2) is 0 Å². The summed E-state index contributed by atoms with van der Waals surface area (Å²) in [5.41, 5.74) is 0.553. The van der Waals surface area contributed by atoms with Crippen molar-refractivity contribution in [2.45, 2.75) is 0 Å². The van der Waals surface area contributed by atoms with E-state index in [1.54, 1.807) is 37.5 Å². The lowest BCUT2D eigenvalue weighted by atomic mass is 10.3. The van der Waals surface area contributed by atoms with Crippen molar-refractivity contribution < 1.29 is 14.3 Å². The van der Waals surface area contributed by atoms with Gasteiger partial charge in [-0.1, -0.05) is 6.08 Å². The number of rotatable bonds is 4. The lowest BCUT2D eigenvalue weighted by molar-refractivity contribution is -0.116. The standard InChI is InChI=1S/C13H14N2O3/c1-3-8-14-9-12(16)15(13(14)17)10-4-6-11(18-2)7-5-10/h3-7H,1,8-9H2,2H3. The topological polar surface area (TPSA) is 49.9 Å². The minimum absolute atomic E-state index is 0.0941. The van der Waals surface area contributed by atoms with E-state index in [1.807, 2.05) is 0 Å². The summed E-state index contributed by atoms with van der Waals surface area (Å²) in [4.78, 5) is 26.4. The Balaban J connectivity index is 2.24. The van der Waals surface area contributed by atoms with Crippen LogP contribution < -0.4 is 9.64 Å². The predicted molar refractivity (Wildman–Crippen MR) is 67.6 cm³/mol. The zero-order valence-electron chi connectivity index (χ0n) is 10.1. The van der Waals surface area contributed by atoms with Gasteiger partial charge in [0.25, 0.3) is 5.91 Å². The molecule has 0 atom stereocenters. The smallest absolute Gasteiger partial charge is 0.332 e. The van der Waals surface area contributed by atoms with Crippen LogP contribution in [0.5, 0.6) is 5.75 Å². The molecule has 0 aromatic heterocycles. The molecule has 0 saturated carbocycles. The molecule has 0 N–H and O–H groups in total. The molecule has 1 aromatic carbocycles. The second-order valence-corrected chi connectivity index (χ2v) is 3.88. The summed E-state index contributed by atoms with van der Waals surface area (Å²) >= 11 is 0. The first-order valence-electron chi connectivity index (χ1n) is 5.54. The van der Waals surface area contributed by atoms with E-state index in [-0.39, 0.29) is 18.5 Å². The average Bonchev–Trinajstić information content (AvgIpc) is 2.65. The molecule has 3 amide bonds. The van der Waals surface area contributed by atoms with Gasteiger partial charge < -0.3 is 9.64 Å². The molecule has 2 rings (SSSR count). The van der Waals surface area contributed by atoms with Crippen LogP contribution in [0.4, 0.5) is 10.5 Å². The molecule has 5 heteroatoms. The fourth-order valence-corrected chi connectivity index (χ4v) is 1.83. The largest absolute Gasteiger partial charge is 0.497 e. The van der Waals surface area contributed by atoms with E-state index in [2.05, 4.69) is 6.58 Å². The molecule has 0 bridgehead atoms. The molecule has 1 aromatic rings. The molecule has 94 valence electrons. The van der Waals surface area contributed by atoms with Crippen LogP contribution in [-0.4, -0.2) is 37.0 Å². The maximum absolute atomic E-state index is 12.0. The van der Waals surface area contributed by atoms with Crippen molar-refractivity contribution in [3.63, 3.8) is 0 Å². The van der Waals surface area contributed by atoms with Gasteiger partial charge in [0.1, 0.15) is 12.3 Å². The van der Waals surface area contributed by atoms with E-state index in [4.69, 9.17) is 4.74 Å². The molecular formula is C13H14N2O3. The summed E-state index contributed by atoms with van der Waals surface area (Å²) in [6.45, 7) is 4.03. The van der Waals surface area contributed by atoms with Crippen LogP contribution in [0.1, 0.15) is 0 Å². The van der Waals surface area contributed by atoms with Crippen LogP contribution in [0.2, 0.25) is 0 Å². The highest BCUT2D eigenvalue weighted by molar-refractivity contribution is 6.19. The third-order valence-corrected chi connectivity index (χ3v) is 2.72. The zero-order valence-corrected chi connectivity index (χ0v) is 10.1. The molecule has 1 aliphatic heterocycles. The van der Waals surface area contributed by atoms with Crippen LogP contribution in [0.3, 0.4) is 0 Å². The van der Waals surface area contributed by atoms with Crippen LogP contribution in [0, 0.1) is 0 Å². The number of methoxy groups -OCH3 is 1. The summed E-state index contributed by atoms with van der Waals surface area (Å²) in [6, 6.07) is 6.49. The number of carbonyl (C=O) groups excluding carboxylic acids is 2. The van der Waals surface area contributed by atoms with Gasteiger partial charge >= 0.3 is 6.03 Å². The fraction of sp³-hybridized carbons (Fsp3) is 0.231.